The fraction of sp³-hybridized carbons (Fsp3) is 0.588. The van der Waals surface area contributed by atoms with Crippen LogP contribution in [-0.4, -0.2) is 25.7 Å². The summed E-state index contributed by atoms with van der Waals surface area (Å²) < 4.78 is 0. The highest BCUT2D eigenvalue weighted by atomic mass is 15.1. The van der Waals surface area contributed by atoms with E-state index < -0.39 is 0 Å². The van der Waals surface area contributed by atoms with E-state index in [0.717, 1.165) is 35.8 Å². The number of piperidine rings is 1. The molecular weight excluding hydrogens is 246 g/mol. The van der Waals surface area contributed by atoms with Crippen molar-refractivity contribution in [2.75, 3.05) is 24.5 Å². The third-order valence-corrected chi connectivity index (χ3v) is 4.74. The van der Waals surface area contributed by atoms with Gasteiger partial charge in [0.2, 0.25) is 0 Å². The number of hydrogen-bond acceptors (Lipinski definition) is 3. The maximum absolute atomic E-state index is 9.36. The molecule has 2 atom stereocenters. The van der Waals surface area contributed by atoms with Gasteiger partial charge in [-0.1, -0.05) is 6.07 Å². The molecule has 3 heteroatoms. The molecule has 1 N–H and O–H groups in total. The van der Waals surface area contributed by atoms with Crippen molar-refractivity contribution in [3.8, 4) is 6.07 Å². The zero-order valence-electron chi connectivity index (χ0n) is 12.2. The predicted molar refractivity (Wildman–Crippen MR) is 81.9 cm³/mol. The van der Waals surface area contributed by atoms with Crippen LogP contribution in [0.1, 0.15) is 36.8 Å². The summed E-state index contributed by atoms with van der Waals surface area (Å²) in [5, 5.41) is 13.0. The van der Waals surface area contributed by atoms with Gasteiger partial charge in [0.1, 0.15) is 6.07 Å². The zero-order chi connectivity index (χ0) is 13.9. The Kier molecular flexibility index (Phi) is 3.93. The number of rotatable bonds is 2. The maximum Gasteiger partial charge on any atom is 0.101 e. The number of anilines is 1. The van der Waals surface area contributed by atoms with Crippen LogP contribution in [0.2, 0.25) is 0 Å². The van der Waals surface area contributed by atoms with E-state index in [-0.39, 0.29) is 0 Å². The first-order valence-corrected chi connectivity index (χ1v) is 7.77. The van der Waals surface area contributed by atoms with E-state index in [1.54, 1.807) is 0 Å². The molecule has 0 spiro atoms. The van der Waals surface area contributed by atoms with Gasteiger partial charge in [-0.3, -0.25) is 0 Å². The van der Waals surface area contributed by atoms with Crippen LogP contribution in [-0.2, 0) is 0 Å². The monoisotopic (exact) mass is 269 g/mol. The lowest BCUT2D eigenvalue weighted by Crippen LogP contribution is -2.43. The predicted octanol–water partition coefficient (Wildman–Crippen LogP) is 2.84. The van der Waals surface area contributed by atoms with Crippen molar-refractivity contribution in [2.45, 2.75) is 38.6 Å². The second-order valence-electron chi connectivity index (χ2n) is 6.18. The second-order valence-corrected chi connectivity index (χ2v) is 6.18. The largest absolute Gasteiger partial charge is 0.370 e. The highest BCUT2D eigenvalue weighted by Gasteiger charge is 2.29. The fourth-order valence-electron chi connectivity index (χ4n) is 3.69. The number of benzene rings is 1. The lowest BCUT2D eigenvalue weighted by Gasteiger charge is -2.37. The van der Waals surface area contributed by atoms with Gasteiger partial charge in [-0.05, 0) is 62.8 Å². The minimum absolute atomic E-state index is 0.689. The molecule has 2 aliphatic heterocycles. The van der Waals surface area contributed by atoms with Gasteiger partial charge in [-0.25, -0.2) is 0 Å². The summed E-state index contributed by atoms with van der Waals surface area (Å²) in [7, 11) is 0. The minimum atomic E-state index is 0.689. The molecule has 0 bridgehead atoms. The van der Waals surface area contributed by atoms with E-state index in [4.69, 9.17) is 0 Å². The lowest BCUT2D eigenvalue weighted by molar-refractivity contribution is 0.329. The molecule has 3 rings (SSSR count). The molecule has 2 saturated heterocycles. The molecule has 2 fully saturated rings. The van der Waals surface area contributed by atoms with E-state index in [2.05, 4.69) is 28.4 Å². The summed E-state index contributed by atoms with van der Waals surface area (Å²) in [6, 6.07) is 9.30. The van der Waals surface area contributed by atoms with Crippen molar-refractivity contribution in [2.24, 2.45) is 5.92 Å². The van der Waals surface area contributed by atoms with Gasteiger partial charge in [-0.2, -0.15) is 5.26 Å². The van der Waals surface area contributed by atoms with Gasteiger partial charge in [0, 0.05) is 19.1 Å². The molecular formula is C17H23N3. The van der Waals surface area contributed by atoms with Crippen molar-refractivity contribution in [1.82, 2.24) is 5.32 Å². The third kappa shape index (κ3) is 2.66. The van der Waals surface area contributed by atoms with Crippen LogP contribution in [0.15, 0.2) is 18.2 Å². The normalized spacial score (nSPS) is 26.5. The Morgan fingerprint density at radius 3 is 2.95 bits per heavy atom. The average Bonchev–Trinajstić information content (AvgIpc) is 3.01. The van der Waals surface area contributed by atoms with E-state index in [1.165, 1.54) is 32.2 Å². The molecule has 1 aromatic carbocycles. The summed E-state index contributed by atoms with van der Waals surface area (Å²) >= 11 is 0. The molecule has 2 aliphatic rings. The molecule has 0 saturated carbocycles. The highest BCUT2D eigenvalue weighted by Crippen LogP contribution is 2.30. The van der Waals surface area contributed by atoms with E-state index >= 15 is 0 Å². The molecule has 2 unspecified atom stereocenters. The van der Waals surface area contributed by atoms with Gasteiger partial charge in [0.05, 0.1) is 11.3 Å². The van der Waals surface area contributed by atoms with Crippen LogP contribution >= 0.6 is 0 Å². The van der Waals surface area contributed by atoms with Gasteiger partial charge < -0.3 is 10.2 Å². The van der Waals surface area contributed by atoms with Crippen molar-refractivity contribution in [1.29, 1.82) is 5.26 Å². The molecule has 3 nitrogen and oxygen atoms in total. The van der Waals surface area contributed by atoms with Crippen LogP contribution < -0.4 is 10.2 Å². The first kappa shape index (κ1) is 13.5. The average molecular weight is 269 g/mol. The first-order valence-electron chi connectivity index (χ1n) is 7.77. The molecule has 2 heterocycles. The molecule has 0 radical (unpaired) electrons. The van der Waals surface area contributed by atoms with E-state index in [9.17, 15) is 5.26 Å². The molecule has 106 valence electrons. The molecule has 20 heavy (non-hydrogen) atoms. The van der Waals surface area contributed by atoms with Crippen LogP contribution in [0.3, 0.4) is 0 Å². The molecule has 1 aromatic rings. The Bertz CT molecular complexity index is 511. The van der Waals surface area contributed by atoms with Crippen LogP contribution in [0, 0.1) is 24.2 Å². The van der Waals surface area contributed by atoms with Crippen molar-refractivity contribution in [3.63, 3.8) is 0 Å². The number of aryl methyl sites for hydroxylation is 1. The quantitative estimate of drug-likeness (QED) is 0.897. The van der Waals surface area contributed by atoms with Crippen molar-refractivity contribution < 1.29 is 0 Å². The van der Waals surface area contributed by atoms with Crippen LogP contribution in [0.4, 0.5) is 5.69 Å². The maximum atomic E-state index is 9.36. The first-order chi connectivity index (χ1) is 9.78. The number of nitrogens with zero attached hydrogens (tertiary/aromatic N) is 2. The van der Waals surface area contributed by atoms with Gasteiger partial charge >= 0.3 is 0 Å². The summed E-state index contributed by atoms with van der Waals surface area (Å²) in [6.07, 6.45) is 5.19. The summed E-state index contributed by atoms with van der Waals surface area (Å²) in [6.45, 7) is 5.40. The Morgan fingerprint density at radius 1 is 1.30 bits per heavy atom. The Morgan fingerprint density at radius 2 is 2.20 bits per heavy atom. The Hall–Kier alpha value is -1.53. The van der Waals surface area contributed by atoms with Crippen molar-refractivity contribution in [3.05, 3.63) is 29.3 Å². The lowest BCUT2D eigenvalue weighted by atomic mass is 9.89. The van der Waals surface area contributed by atoms with Gasteiger partial charge in [-0.15, -0.1) is 0 Å². The molecule has 0 aromatic heterocycles. The second kappa shape index (κ2) is 5.85. The van der Waals surface area contributed by atoms with Gasteiger partial charge in [0.25, 0.3) is 0 Å². The minimum Gasteiger partial charge on any atom is -0.370 e. The zero-order valence-corrected chi connectivity index (χ0v) is 12.2. The van der Waals surface area contributed by atoms with E-state index in [1.807, 2.05) is 13.0 Å². The van der Waals surface area contributed by atoms with Gasteiger partial charge in [0.15, 0.2) is 0 Å². The Balaban J connectivity index is 1.78. The topological polar surface area (TPSA) is 39.1 Å². The summed E-state index contributed by atoms with van der Waals surface area (Å²) in [4.78, 5) is 2.42. The smallest absolute Gasteiger partial charge is 0.101 e. The van der Waals surface area contributed by atoms with Crippen LogP contribution in [0.5, 0.6) is 0 Å². The number of hydrogen-bond donors (Lipinski definition) is 1. The highest BCUT2D eigenvalue weighted by molar-refractivity contribution is 5.60. The van der Waals surface area contributed by atoms with Crippen molar-refractivity contribution >= 4 is 5.69 Å². The third-order valence-electron chi connectivity index (χ3n) is 4.74. The molecule has 0 aliphatic carbocycles. The summed E-state index contributed by atoms with van der Waals surface area (Å²) in [5.41, 5.74) is 3.11. The fourth-order valence-corrected chi connectivity index (χ4v) is 3.69. The summed E-state index contributed by atoms with van der Waals surface area (Å²) in [5.74, 6) is 0.735. The number of nitrogens with one attached hydrogen (secondary N) is 1. The SMILES string of the molecule is Cc1ccc(N2CCCC(C3CCCN3)C2)c(C#N)c1. The van der Waals surface area contributed by atoms with E-state index in [0.29, 0.717) is 6.04 Å². The number of nitriles is 1. The standard InChI is InChI=1S/C17H23N3/c1-13-6-7-17(15(10-13)11-18)20-9-3-4-14(12-20)16-5-2-8-19-16/h6-7,10,14,16,19H,2-5,8-9,12H2,1H3. The Labute approximate surface area is 121 Å². The molecule has 0 amide bonds. The van der Waals surface area contributed by atoms with Crippen LogP contribution in [0.25, 0.3) is 0 Å².